The lowest BCUT2D eigenvalue weighted by Gasteiger charge is -2.08. The highest BCUT2D eigenvalue weighted by atomic mass is 35.5. The van der Waals surface area contributed by atoms with E-state index in [1.807, 2.05) is 25.1 Å². The molecule has 1 N–H and O–H groups in total. The van der Waals surface area contributed by atoms with Crippen molar-refractivity contribution in [2.24, 2.45) is 0 Å². The molecule has 0 aliphatic rings. The van der Waals surface area contributed by atoms with Crippen LogP contribution in [0.5, 0.6) is 5.75 Å². The van der Waals surface area contributed by atoms with E-state index in [2.05, 4.69) is 17.4 Å². The number of amides is 1. The van der Waals surface area contributed by atoms with Gasteiger partial charge in [-0.1, -0.05) is 41.4 Å². The Bertz CT molecular complexity index is 687. The van der Waals surface area contributed by atoms with Crippen molar-refractivity contribution >= 4 is 29.1 Å². The van der Waals surface area contributed by atoms with Crippen molar-refractivity contribution in [1.29, 1.82) is 0 Å². The molecule has 5 heteroatoms. The predicted octanol–water partition coefficient (Wildman–Crippen LogP) is 5.07. The maximum atomic E-state index is 11.9. The molecule has 0 saturated carbocycles. The number of halogens is 2. The molecule has 0 spiro atoms. The van der Waals surface area contributed by atoms with Gasteiger partial charge in [-0.3, -0.25) is 4.79 Å². The summed E-state index contributed by atoms with van der Waals surface area (Å²) in [7, 11) is 0. The summed E-state index contributed by atoms with van der Waals surface area (Å²) in [5, 5.41) is 4.16. The minimum atomic E-state index is 0.0395. The summed E-state index contributed by atoms with van der Waals surface area (Å²) >= 11 is 12.0. The Morgan fingerprint density at radius 3 is 2.52 bits per heavy atom. The first-order valence-electron chi connectivity index (χ1n) is 8.51. The average Bonchev–Trinajstić information content (AvgIpc) is 2.59. The smallest absolute Gasteiger partial charge is 0.220 e. The molecule has 2 aromatic rings. The van der Waals surface area contributed by atoms with Crippen molar-refractivity contribution in [3.05, 3.63) is 63.6 Å². The van der Waals surface area contributed by atoms with E-state index in [1.165, 1.54) is 5.56 Å². The molecule has 0 aliphatic carbocycles. The predicted molar refractivity (Wildman–Crippen MR) is 104 cm³/mol. The van der Waals surface area contributed by atoms with Crippen molar-refractivity contribution in [2.45, 2.75) is 32.6 Å². The van der Waals surface area contributed by atoms with Crippen molar-refractivity contribution in [3.8, 4) is 5.75 Å². The van der Waals surface area contributed by atoms with Crippen LogP contribution in [-0.2, 0) is 17.6 Å². The van der Waals surface area contributed by atoms with E-state index in [-0.39, 0.29) is 5.91 Å². The van der Waals surface area contributed by atoms with Gasteiger partial charge in [-0.25, -0.2) is 0 Å². The van der Waals surface area contributed by atoms with Gasteiger partial charge in [0.2, 0.25) is 5.91 Å². The van der Waals surface area contributed by atoms with Crippen LogP contribution >= 0.6 is 23.2 Å². The average molecular weight is 380 g/mol. The Labute approximate surface area is 159 Å². The second-order valence-electron chi connectivity index (χ2n) is 5.77. The summed E-state index contributed by atoms with van der Waals surface area (Å²) in [6.45, 7) is 3.31. The summed E-state index contributed by atoms with van der Waals surface area (Å²) < 4.78 is 5.42. The fraction of sp³-hybridized carbons (Fsp3) is 0.350. The lowest BCUT2D eigenvalue weighted by Crippen LogP contribution is -2.25. The molecule has 0 aromatic heterocycles. The molecule has 0 bridgehead atoms. The number of hydrogen-bond donors (Lipinski definition) is 1. The Balaban J connectivity index is 1.65. The van der Waals surface area contributed by atoms with Gasteiger partial charge in [-0.05, 0) is 61.6 Å². The number of rotatable bonds is 9. The van der Waals surface area contributed by atoms with Crippen LogP contribution in [-0.4, -0.2) is 19.1 Å². The molecule has 0 aliphatic heterocycles. The number of hydrogen-bond acceptors (Lipinski definition) is 2. The zero-order chi connectivity index (χ0) is 18.1. The molecular formula is C20H23Cl2NO2. The van der Waals surface area contributed by atoms with Gasteiger partial charge in [-0.15, -0.1) is 0 Å². The summed E-state index contributed by atoms with van der Waals surface area (Å²) in [6, 6.07) is 13.4. The Kier molecular flexibility index (Phi) is 8.10. The number of ether oxygens (including phenoxy) is 1. The molecule has 0 radical (unpaired) electrons. The van der Waals surface area contributed by atoms with Crippen LogP contribution in [0.2, 0.25) is 10.0 Å². The largest absolute Gasteiger partial charge is 0.494 e. The van der Waals surface area contributed by atoms with Crippen LogP contribution in [0, 0.1) is 0 Å². The summed E-state index contributed by atoms with van der Waals surface area (Å²) in [4.78, 5) is 11.9. The zero-order valence-electron chi connectivity index (χ0n) is 14.4. The minimum Gasteiger partial charge on any atom is -0.494 e. The highest BCUT2D eigenvalue weighted by Crippen LogP contribution is 2.22. The molecule has 0 fully saturated rings. The van der Waals surface area contributed by atoms with E-state index < -0.39 is 0 Å². The molecule has 0 unspecified atom stereocenters. The Hall–Kier alpha value is -1.71. The standard InChI is InChI=1S/C20H23Cl2NO2/c1-2-25-18-10-5-15(6-11-18)4-3-13-23-20(24)12-8-16-7-9-17(21)14-19(16)22/h5-7,9-11,14H,2-4,8,12-13H2,1H3,(H,23,24). The number of nitrogens with one attached hydrogen (secondary N) is 1. The lowest BCUT2D eigenvalue weighted by molar-refractivity contribution is -0.121. The van der Waals surface area contributed by atoms with E-state index in [9.17, 15) is 4.79 Å². The van der Waals surface area contributed by atoms with Gasteiger partial charge in [0.05, 0.1) is 6.61 Å². The van der Waals surface area contributed by atoms with E-state index in [4.69, 9.17) is 27.9 Å². The molecular weight excluding hydrogens is 357 g/mol. The Morgan fingerprint density at radius 1 is 1.08 bits per heavy atom. The van der Waals surface area contributed by atoms with Crippen molar-refractivity contribution in [2.75, 3.05) is 13.2 Å². The first-order valence-corrected chi connectivity index (χ1v) is 9.26. The second-order valence-corrected chi connectivity index (χ2v) is 6.61. The third-order valence-electron chi connectivity index (χ3n) is 3.84. The van der Waals surface area contributed by atoms with Crippen LogP contribution < -0.4 is 10.1 Å². The SMILES string of the molecule is CCOc1ccc(CCCNC(=O)CCc2ccc(Cl)cc2Cl)cc1. The maximum absolute atomic E-state index is 11.9. The van der Waals surface area contributed by atoms with Crippen LogP contribution in [0.3, 0.4) is 0 Å². The van der Waals surface area contributed by atoms with Gasteiger partial charge in [0.15, 0.2) is 0 Å². The molecule has 2 aromatic carbocycles. The first kappa shape index (κ1) is 19.6. The van der Waals surface area contributed by atoms with Crippen molar-refractivity contribution in [1.82, 2.24) is 5.32 Å². The summed E-state index contributed by atoms with van der Waals surface area (Å²) in [6.07, 6.45) is 2.86. The zero-order valence-corrected chi connectivity index (χ0v) is 15.9. The number of carbonyl (C=O) groups excluding carboxylic acids is 1. The summed E-state index contributed by atoms with van der Waals surface area (Å²) in [5.74, 6) is 0.929. The lowest BCUT2D eigenvalue weighted by atomic mass is 10.1. The fourth-order valence-electron chi connectivity index (χ4n) is 2.50. The van der Waals surface area contributed by atoms with Gasteiger partial charge in [0.25, 0.3) is 0 Å². The van der Waals surface area contributed by atoms with Gasteiger partial charge in [-0.2, -0.15) is 0 Å². The monoisotopic (exact) mass is 379 g/mol. The number of carbonyl (C=O) groups is 1. The third-order valence-corrected chi connectivity index (χ3v) is 4.42. The maximum Gasteiger partial charge on any atom is 0.220 e. The number of benzene rings is 2. The van der Waals surface area contributed by atoms with E-state index >= 15 is 0 Å². The molecule has 0 atom stereocenters. The Morgan fingerprint density at radius 2 is 1.84 bits per heavy atom. The third kappa shape index (κ3) is 6.97. The van der Waals surface area contributed by atoms with Crippen LogP contribution in [0.25, 0.3) is 0 Å². The van der Waals surface area contributed by atoms with Gasteiger partial charge in [0, 0.05) is 23.0 Å². The van der Waals surface area contributed by atoms with Gasteiger partial charge < -0.3 is 10.1 Å². The second kappa shape index (κ2) is 10.3. The van der Waals surface area contributed by atoms with Crippen LogP contribution in [0.15, 0.2) is 42.5 Å². The van der Waals surface area contributed by atoms with Crippen LogP contribution in [0.1, 0.15) is 30.9 Å². The topological polar surface area (TPSA) is 38.3 Å². The molecule has 3 nitrogen and oxygen atoms in total. The van der Waals surface area contributed by atoms with Gasteiger partial charge >= 0.3 is 0 Å². The minimum absolute atomic E-state index is 0.0395. The van der Waals surface area contributed by atoms with E-state index in [0.717, 1.165) is 24.2 Å². The quantitative estimate of drug-likeness (QED) is 0.617. The molecule has 0 heterocycles. The summed E-state index contributed by atoms with van der Waals surface area (Å²) in [5.41, 5.74) is 2.18. The highest BCUT2D eigenvalue weighted by Gasteiger charge is 2.05. The molecule has 2 rings (SSSR count). The van der Waals surface area contributed by atoms with E-state index in [1.54, 1.807) is 12.1 Å². The molecule has 1 amide bonds. The van der Waals surface area contributed by atoms with Crippen LogP contribution in [0.4, 0.5) is 0 Å². The van der Waals surface area contributed by atoms with E-state index in [0.29, 0.717) is 36.0 Å². The normalized spacial score (nSPS) is 10.5. The van der Waals surface area contributed by atoms with Gasteiger partial charge in [0.1, 0.15) is 5.75 Å². The molecule has 134 valence electrons. The molecule has 25 heavy (non-hydrogen) atoms. The highest BCUT2D eigenvalue weighted by molar-refractivity contribution is 6.35. The van der Waals surface area contributed by atoms with Crippen molar-refractivity contribution < 1.29 is 9.53 Å². The molecule has 0 saturated heterocycles. The first-order chi connectivity index (χ1) is 12.1. The number of aryl methyl sites for hydroxylation is 2. The van der Waals surface area contributed by atoms with Crippen molar-refractivity contribution in [3.63, 3.8) is 0 Å². The fourth-order valence-corrected chi connectivity index (χ4v) is 3.00.